The Kier molecular flexibility index (Phi) is 4.83. The number of carboxylic acids is 1. The van der Waals surface area contributed by atoms with Gasteiger partial charge in [0.05, 0.1) is 5.56 Å². The van der Waals surface area contributed by atoms with Crippen molar-refractivity contribution in [1.29, 1.82) is 0 Å². The molecule has 5 heteroatoms. The van der Waals surface area contributed by atoms with Crippen LogP contribution in [0.25, 0.3) is 0 Å². The maximum Gasteiger partial charge on any atom is 0.335 e. The normalized spacial score (nSPS) is 10.8. The smallest absolute Gasteiger partial charge is 0.335 e. The zero-order valence-electron chi connectivity index (χ0n) is 11.6. The van der Waals surface area contributed by atoms with Gasteiger partial charge >= 0.3 is 5.97 Å². The summed E-state index contributed by atoms with van der Waals surface area (Å²) in [5, 5.41) is 19.2. The second-order valence-electron chi connectivity index (χ2n) is 4.95. The minimum atomic E-state index is -0.932. The molecule has 0 aliphatic carbocycles. The van der Waals surface area contributed by atoms with E-state index < -0.39 is 5.97 Å². The Morgan fingerprint density at radius 2 is 1.81 bits per heavy atom. The number of aromatic carboxylic acids is 1. The monoisotopic (exact) mass is 305 g/mol. The molecule has 0 atom stereocenters. The summed E-state index contributed by atoms with van der Waals surface area (Å²) >= 11 is 5.92. The Bertz CT molecular complexity index is 640. The summed E-state index contributed by atoms with van der Waals surface area (Å²) in [6.45, 7) is 1.19. The molecule has 0 spiro atoms. The number of rotatable bonds is 5. The van der Waals surface area contributed by atoms with E-state index in [0.29, 0.717) is 18.1 Å². The fourth-order valence-electron chi connectivity index (χ4n) is 2.09. The molecule has 0 amide bonds. The Morgan fingerprint density at radius 1 is 1.14 bits per heavy atom. The maximum absolute atomic E-state index is 10.8. The molecule has 0 aliphatic heterocycles. The molecule has 110 valence electrons. The summed E-state index contributed by atoms with van der Waals surface area (Å²) in [5.41, 5.74) is 2.03. The van der Waals surface area contributed by atoms with Crippen molar-refractivity contribution in [3.8, 4) is 5.75 Å². The van der Waals surface area contributed by atoms with Crippen LogP contribution in [0.15, 0.2) is 42.5 Å². The molecule has 4 nitrogen and oxygen atoms in total. The first kappa shape index (κ1) is 15.4. The quantitative estimate of drug-likeness (QED) is 0.889. The molecule has 0 aromatic heterocycles. The standard InChI is InChI=1S/C16H16ClNO3/c1-18(10-13-8-14(17)6-7-15(13)19)9-11-2-4-12(5-3-11)16(20)21/h2-8,19H,9-10H2,1H3,(H,20,21). The van der Waals surface area contributed by atoms with E-state index in [1.54, 1.807) is 42.5 Å². The van der Waals surface area contributed by atoms with E-state index in [9.17, 15) is 9.90 Å². The molecule has 2 N–H and O–H groups in total. The van der Waals surface area contributed by atoms with Gasteiger partial charge in [-0.15, -0.1) is 0 Å². The van der Waals surface area contributed by atoms with E-state index in [2.05, 4.69) is 0 Å². The van der Waals surface area contributed by atoms with Gasteiger partial charge in [-0.3, -0.25) is 4.90 Å². The highest BCUT2D eigenvalue weighted by Gasteiger charge is 2.08. The van der Waals surface area contributed by atoms with Crippen LogP contribution in [0.5, 0.6) is 5.75 Å². The molecule has 0 fully saturated rings. The molecule has 0 aliphatic rings. The number of benzene rings is 2. The van der Waals surface area contributed by atoms with Crippen LogP contribution >= 0.6 is 11.6 Å². The van der Waals surface area contributed by atoms with Crippen LogP contribution in [0.1, 0.15) is 21.5 Å². The average Bonchev–Trinajstić information content (AvgIpc) is 2.43. The number of phenols is 1. The van der Waals surface area contributed by atoms with Gasteiger partial charge in [0.2, 0.25) is 0 Å². The van der Waals surface area contributed by atoms with Crippen molar-refractivity contribution in [2.45, 2.75) is 13.1 Å². The highest BCUT2D eigenvalue weighted by Crippen LogP contribution is 2.23. The fourth-order valence-corrected chi connectivity index (χ4v) is 2.29. The van der Waals surface area contributed by atoms with Gasteiger partial charge in [0.1, 0.15) is 5.75 Å². The number of phenolic OH excluding ortho intramolecular Hbond substituents is 1. The minimum Gasteiger partial charge on any atom is -0.508 e. The first-order valence-electron chi connectivity index (χ1n) is 6.44. The van der Waals surface area contributed by atoms with Crippen LogP contribution in [0.3, 0.4) is 0 Å². The van der Waals surface area contributed by atoms with Gasteiger partial charge in [0.15, 0.2) is 0 Å². The molecular weight excluding hydrogens is 290 g/mol. The zero-order valence-corrected chi connectivity index (χ0v) is 12.3. The van der Waals surface area contributed by atoms with Crippen LogP contribution in [0.2, 0.25) is 5.02 Å². The largest absolute Gasteiger partial charge is 0.508 e. The number of nitrogens with zero attached hydrogens (tertiary/aromatic N) is 1. The average molecular weight is 306 g/mol. The van der Waals surface area contributed by atoms with Crippen molar-refractivity contribution >= 4 is 17.6 Å². The fraction of sp³-hybridized carbons (Fsp3) is 0.188. The van der Waals surface area contributed by atoms with E-state index in [1.165, 1.54) is 0 Å². The number of aromatic hydroxyl groups is 1. The van der Waals surface area contributed by atoms with E-state index in [4.69, 9.17) is 16.7 Å². The van der Waals surface area contributed by atoms with Crippen molar-refractivity contribution in [3.63, 3.8) is 0 Å². The Labute approximate surface area is 128 Å². The maximum atomic E-state index is 10.8. The van der Waals surface area contributed by atoms with Crippen LogP contribution in [-0.4, -0.2) is 28.1 Å². The number of halogens is 1. The van der Waals surface area contributed by atoms with Gasteiger partial charge in [-0.2, -0.15) is 0 Å². The number of carbonyl (C=O) groups is 1. The summed E-state index contributed by atoms with van der Waals surface area (Å²) < 4.78 is 0. The van der Waals surface area contributed by atoms with Gasteiger partial charge in [0.25, 0.3) is 0 Å². The van der Waals surface area contributed by atoms with Crippen LogP contribution in [0, 0.1) is 0 Å². The summed E-state index contributed by atoms with van der Waals surface area (Å²) in [4.78, 5) is 12.8. The summed E-state index contributed by atoms with van der Waals surface area (Å²) in [7, 11) is 1.92. The first-order chi connectivity index (χ1) is 9.95. The number of hydrogen-bond donors (Lipinski definition) is 2. The third kappa shape index (κ3) is 4.21. The van der Waals surface area contributed by atoms with Crippen molar-refractivity contribution in [3.05, 3.63) is 64.2 Å². The van der Waals surface area contributed by atoms with Crippen LogP contribution in [0.4, 0.5) is 0 Å². The van der Waals surface area contributed by atoms with Gasteiger partial charge < -0.3 is 10.2 Å². The van der Waals surface area contributed by atoms with Crippen molar-refractivity contribution in [2.75, 3.05) is 7.05 Å². The van der Waals surface area contributed by atoms with E-state index in [1.807, 2.05) is 11.9 Å². The highest BCUT2D eigenvalue weighted by molar-refractivity contribution is 6.30. The van der Waals surface area contributed by atoms with E-state index in [-0.39, 0.29) is 11.3 Å². The predicted octanol–water partition coefficient (Wildman–Crippen LogP) is 3.38. The van der Waals surface area contributed by atoms with Gasteiger partial charge in [-0.25, -0.2) is 4.79 Å². The predicted molar refractivity (Wildman–Crippen MR) is 81.7 cm³/mol. The summed E-state index contributed by atoms with van der Waals surface area (Å²) in [5.74, 6) is -0.716. The Hall–Kier alpha value is -2.04. The molecule has 0 heterocycles. The molecule has 0 saturated carbocycles. The van der Waals surface area contributed by atoms with Crippen molar-refractivity contribution in [2.24, 2.45) is 0 Å². The third-order valence-corrected chi connectivity index (χ3v) is 3.37. The van der Waals surface area contributed by atoms with Crippen molar-refractivity contribution < 1.29 is 15.0 Å². The molecule has 0 saturated heterocycles. The molecular formula is C16H16ClNO3. The second-order valence-corrected chi connectivity index (χ2v) is 5.38. The molecule has 2 aromatic rings. The van der Waals surface area contributed by atoms with E-state index in [0.717, 1.165) is 11.1 Å². The molecule has 2 aromatic carbocycles. The Balaban J connectivity index is 2.02. The molecule has 2 rings (SSSR count). The lowest BCUT2D eigenvalue weighted by Gasteiger charge is -2.17. The number of hydrogen-bond acceptors (Lipinski definition) is 3. The van der Waals surface area contributed by atoms with E-state index >= 15 is 0 Å². The minimum absolute atomic E-state index is 0.215. The summed E-state index contributed by atoms with van der Waals surface area (Å²) in [6.07, 6.45) is 0. The Morgan fingerprint density at radius 3 is 2.43 bits per heavy atom. The highest BCUT2D eigenvalue weighted by atomic mass is 35.5. The first-order valence-corrected chi connectivity index (χ1v) is 6.81. The second kappa shape index (κ2) is 6.61. The lowest BCUT2D eigenvalue weighted by molar-refractivity contribution is 0.0697. The molecule has 21 heavy (non-hydrogen) atoms. The van der Waals surface area contributed by atoms with Crippen molar-refractivity contribution in [1.82, 2.24) is 4.90 Å². The topological polar surface area (TPSA) is 60.8 Å². The number of carboxylic acid groups (broad SMARTS) is 1. The van der Waals surface area contributed by atoms with Gasteiger partial charge in [-0.1, -0.05) is 23.7 Å². The zero-order chi connectivity index (χ0) is 15.4. The lowest BCUT2D eigenvalue weighted by atomic mass is 10.1. The van der Waals surface area contributed by atoms with Crippen LogP contribution < -0.4 is 0 Å². The molecule has 0 radical (unpaired) electrons. The lowest BCUT2D eigenvalue weighted by Crippen LogP contribution is -2.17. The summed E-state index contributed by atoms with van der Waals surface area (Å²) in [6, 6.07) is 11.7. The van der Waals surface area contributed by atoms with Gasteiger partial charge in [-0.05, 0) is 42.9 Å². The molecule has 0 unspecified atom stereocenters. The SMILES string of the molecule is CN(Cc1ccc(C(=O)O)cc1)Cc1cc(Cl)ccc1O. The van der Waals surface area contributed by atoms with Gasteiger partial charge in [0, 0.05) is 23.7 Å². The van der Waals surface area contributed by atoms with Crippen LogP contribution in [-0.2, 0) is 13.1 Å². The third-order valence-electron chi connectivity index (χ3n) is 3.14. The molecule has 0 bridgehead atoms.